The smallest absolute Gasteiger partial charge is 0.326 e. The number of carboxylic acid groups (broad SMARTS) is 1. The fourth-order valence-electron chi connectivity index (χ4n) is 1.97. The quantitative estimate of drug-likeness (QED) is 0.733. The Hall–Kier alpha value is -2.04. The number of rotatable bonds is 9. The molecule has 1 aromatic rings. The average Bonchev–Trinajstić information content (AvgIpc) is 2.45. The van der Waals surface area contributed by atoms with Crippen molar-refractivity contribution in [1.29, 1.82) is 0 Å². The lowest BCUT2D eigenvalue weighted by Crippen LogP contribution is -2.41. The van der Waals surface area contributed by atoms with Gasteiger partial charge in [-0.1, -0.05) is 31.9 Å². The number of ether oxygens (including phenoxy) is 1. The molecule has 0 aliphatic rings. The van der Waals surface area contributed by atoms with E-state index in [1.54, 1.807) is 12.1 Å². The number of carbonyl (C=O) groups is 2. The zero-order valence-corrected chi connectivity index (χ0v) is 12.6. The molecule has 0 radical (unpaired) electrons. The van der Waals surface area contributed by atoms with Gasteiger partial charge in [0.05, 0.1) is 13.0 Å². The fourth-order valence-corrected chi connectivity index (χ4v) is 1.97. The van der Waals surface area contributed by atoms with Gasteiger partial charge in [-0.15, -0.1) is 0 Å². The summed E-state index contributed by atoms with van der Waals surface area (Å²) in [6.45, 7) is 4.49. The summed E-state index contributed by atoms with van der Waals surface area (Å²) in [5.41, 5.74) is 0.829. The van der Waals surface area contributed by atoms with Crippen LogP contribution >= 0.6 is 0 Å². The zero-order valence-electron chi connectivity index (χ0n) is 12.6. The highest BCUT2D eigenvalue weighted by molar-refractivity contribution is 5.84. The molecule has 1 rings (SSSR count). The minimum absolute atomic E-state index is 0.169. The number of benzene rings is 1. The van der Waals surface area contributed by atoms with Gasteiger partial charge in [0.25, 0.3) is 0 Å². The molecule has 1 aromatic carbocycles. The third kappa shape index (κ3) is 6.29. The van der Waals surface area contributed by atoms with Gasteiger partial charge in [0.2, 0.25) is 5.91 Å². The van der Waals surface area contributed by atoms with Gasteiger partial charge >= 0.3 is 5.97 Å². The average molecular weight is 293 g/mol. The predicted molar refractivity (Wildman–Crippen MR) is 80.4 cm³/mol. The van der Waals surface area contributed by atoms with E-state index < -0.39 is 12.0 Å². The van der Waals surface area contributed by atoms with Crippen molar-refractivity contribution in [3.05, 3.63) is 29.8 Å². The molecule has 0 spiro atoms. The van der Waals surface area contributed by atoms with Crippen molar-refractivity contribution in [1.82, 2.24) is 5.32 Å². The van der Waals surface area contributed by atoms with Crippen LogP contribution in [-0.4, -0.2) is 29.6 Å². The first-order chi connectivity index (χ1) is 10.1. The zero-order chi connectivity index (χ0) is 15.7. The van der Waals surface area contributed by atoms with Crippen LogP contribution in [0, 0.1) is 0 Å². The molecule has 0 unspecified atom stereocenters. The first-order valence-corrected chi connectivity index (χ1v) is 7.30. The van der Waals surface area contributed by atoms with E-state index in [0.717, 1.165) is 24.2 Å². The Morgan fingerprint density at radius 2 is 1.90 bits per heavy atom. The molecule has 116 valence electrons. The second-order valence-corrected chi connectivity index (χ2v) is 4.85. The Bertz CT molecular complexity index is 456. The maximum atomic E-state index is 11.9. The van der Waals surface area contributed by atoms with Gasteiger partial charge in [-0.3, -0.25) is 4.79 Å². The minimum Gasteiger partial charge on any atom is -0.494 e. The van der Waals surface area contributed by atoms with Crippen molar-refractivity contribution < 1.29 is 19.4 Å². The van der Waals surface area contributed by atoms with E-state index in [9.17, 15) is 9.59 Å². The Labute approximate surface area is 125 Å². The highest BCUT2D eigenvalue weighted by atomic mass is 16.5. The van der Waals surface area contributed by atoms with E-state index in [0.29, 0.717) is 13.0 Å². The van der Waals surface area contributed by atoms with Crippen LogP contribution in [0.25, 0.3) is 0 Å². The van der Waals surface area contributed by atoms with E-state index in [1.165, 1.54) is 0 Å². The molecule has 0 saturated heterocycles. The van der Waals surface area contributed by atoms with Crippen LogP contribution < -0.4 is 10.1 Å². The van der Waals surface area contributed by atoms with Crippen molar-refractivity contribution in [3.63, 3.8) is 0 Å². The molecule has 1 atom stereocenters. The molecule has 5 nitrogen and oxygen atoms in total. The van der Waals surface area contributed by atoms with Crippen molar-refractivity contribution >= 4 is 11.9 Å². The summed E-state index contributed by atoms with van der Waals surface area (Å²) < 4.78 is 5.33. The van der Waals surface area contributed by atoms with Crippen molar-refractivity contribution in [2.24, 2.45) is 0 Å². The number of hydrogen-bond donors (Lipinski definition) is 2. The molecule has 0 aliphatic carbocycles. The number of hydrogen-bond acceptors (Lipinski definition) is 3. The van der Waals surface area contributed by atoms with Gasteiger partial charge in [-0.2, -0.15) is 0 Å². The maximum Gasteiger partial charge on any atom is 0.326 e. The summed E-state index contributed by atoms with van der Waals surface area (Å²) >= 11 is 0. The highest BCUT2D eigenvalue weighted by Gasteiger charge is 2.19. The lowest BCUT2D eigenvalue weighted by molar-refractivity contribution is -0.142. The minimum atomic E-state index is -0.983. The summed E-state index contributed by atoms with van der Waals surface area (Å²) in [7, 11) is 0. The molecule has 0 heterocycles. The second kappa shape index (κ2) is 9.00. The van der Waals surface area contributed by atoms with Gasteiger partial charge in [-0.25, -0.2) is 4.79 Å². The van der Waals surface area contributed by atoms with Gasteiger partial charge < -0.3 is 15.2 Å². The number of carbonyl (C=O) groups excluding carboxylic acids is 1. The van der Waals surface area contributed by atoms with Gasteiger partial charge in [0.15, 0.2) is 0 Å². The molecule has 0 aliphatic heterocycles. The molecule has 0 bridgehead atoms. The SMILES string of the molecule is CCCC[C@H](NC(=O)Cc1ccc(OCC)cc1)C(=O)O. The Morgan fingerprint density at radius 3 is 2.43 bits per heavy atom. The van der Waals surface area contributed by atoms with E-state index in [1.807, 2.05) is 26.0 Å². The first kappa shape index (κ1) is 17.0. The van der Waals surface area contributed by atoms with Crippen LogP contribution in [0.5, 0.6) is 5.75 Å². The lowest BCUT2D eigenvalue weighted by Gasteiger charge is -2.14. The topological polar surface area (TPSA) is 75.6 Å². The number of carboxylic acids is 1. The van der Waals surface area contributed by atoms with Crippen LogP contribution in [0.1, 0.15) is 38.7 Å². The Morgan fingerprint density at radius 1 is 1.24 bits per heavy atom. The van der Waals surface area contributed by atoms with Gasteiger partial charge in [0, 0.05) is 0 Å². The standard InChI is InChI=1S/C16H23NO4/c1-3-5-6-14(16(19)20)17-15(18)11-12-7-9-13(10-8-12)21-4-2/h7-10,14H,3-6,11H2,1-2H3,(H,17,18)(H,19,20)/t14-/m0/s1. The number of amides is 1. The molecule has 21 heavy (non-hydrogen) atoms. The lowest BCUT2D eigenvalue weighted by atomic mass is 10.1. The molecule has 0 saturated carbocycles. The van der Waals surface area contributed by atoms with Crippen molar-refractivity contribution in [3.8, 4) is 5.75 Å². The number of nitrogens with one attached hydrogen (secondary N) is 1. The normalized spacial score (nSPS) is 11.7. The monoisotopic (exact) mass is 293 g/mol. The number of unbranched alkanes of at least 4 members (excludes halogenated alkanes) is 1. The van der Waals surface area contributed by atoms with Gasteiger partial charge in [-0.05, 0) is 31.0 Å². The molecule has 2 N–H and O–H groups in total. The van der Waals surface area contributed by atoms with E-state index >= 15 is 0 Å². The van der Waals surface area contributed by atoms with Crippen LogP contribution in [0.2, 0.25) is 0 Å². The predicted octanol–water partition coefficient (Wildman–Crippen LogP) is 2.39. The summed E-state index contributed by atoms with van der Waals surface area (Å²) in [6, 6.07) is 6.43. The van der Waals surface area contributed by atoms with Crippen LogP contribution in [-0.2, 0) is 16.0 Å². The molecular weight excluding hydrogens is 270 g/mol. The van der Waals surface area contributed by atoms with Crippen LogP contribution in [0.15, 0.2) is 24.3 Å². The molecule has 5 heteroatoms. The molecular formula is C16H23NO4. The summed E-state index contributed by atoms with van der Waals surface area (Å²) in [6.07, 6.45) is 2.31. The van der Waals surface area contributed by atoms with E-state index in [-0.39, 0.29) is 12.3 Å². The fraction of sp³-hybridized carbons (Fsp3) is 0.500. The Balaban J connectivity index is 2.52. The second-order valence-electron chi connectivity index (χ2n) is 4.85. The largest absolute Gasteiger partial charge is 0.494 e. The first-order valence-electron chi connectivity index (χ1n) is 7.30. The maximum absolute atomic E-state index is 11.9. The third-order valence-electron chi connectivity index (χ3n) is 3.08. The van der Waals surface area contributed by atoms with E-state index in [4.69, 9.17) is 9.84 Å². The summed E-state index contributed by atoms with van der Waals surface area (Å²) in [4.78, 5) is 23.0. The molecule has 1 amide bonds. The third-order valence-corrected chi connectivity index (χ3v) is 3.08. The highest BCUT2D eigenvalue weighted by Crippen LogP contribution is 2.12. The molecule has 0 fully saturated rings. The van der Waals surface area contributed by atoms with Crippen molar-refractivity contribution in [2.45, 2.75) is 45.6 Å². The van der Waals surface area contributed by atoms with Crippen LogP contribution in [0.4, 0.5) is 0 Å². The molecule has 0 aromatic heterocycles. The van der Waals surface area contributed by atoms with Crippen LogP contribution in [0.3, 0.4) is 0 Å². The summed E-state index contributed by atoms with van der Waals surface area (Å²) in [5.74, 6) is -0.501. The summed E-state index contributed by atoms with van der Waals surface area (Å²) in [5, 5.41) is 11.6. The Kier molecular flexibility index (Phi) is 7.29. The van der Waals surface area contributed by atoms with Crippen molar-refractivity contribution in [2.75, 3.05) is 6.61 Å². The van der Waals surface area contributed by atoms with E-state index in [2.05, 4.69) is 5.32 Å². The number of aliphatic carboxylic acids is 1. The van der Waals surface area contributed by atoms with Gasteiger partial charge in [0.1, 0.15) is 11.8 Å².